The average Bonchev–Trinajstić information content (AvgIpc) is 3.95. The van der Waals surface area contributed by atoms with Gasteiger partial charge in [0.05, 0.1) is 13.7 Å². The van der Waals surface area contributed by atoms with Crippen molar-refractivity contribution in [3.8, 4) is 28.1 Å². The topological polar surface area (TPSA) is 24.3 Å². The van der Waals surface area contributed by atoms with Crippen LogP contribution in [0.3, 0.4) is 0 Å². The molecule has 0 radical (unpaired) electrons. The van der Waals surface area contributed by atoms with Gasteiger partial charge in [-0.2, -0.15) is 53.6 Å². The van der Waals surface area contributed by atoms with Crippen molar-refractivity contribution < 1.29 is 34.8 Å². The summed E-state index contributed by atoms with van der Waals surface area (Å²) in [6, 6.07) is 48.0. The second-order valence-electron chi connectivity index (χ2n) is 15.8. The van der Waals surface area contributed by atoms with Gasteiger partial charge in [0.15, 0.2) is 0 Å². The van der Waals surface area contributed by atoms with Crippen LogP contribution in [0, 0.1) is 18.8 Å². The molecular formula is C58H43N4Pt-3. The van der Waals surface area contributed by atoms with Crippen molar-refractivity contribution in [2.75, 3.05) is 9.80 Å². The van der Waals surface area contributed by atoms with Crippen LogP contribution in [-0.2, 0) is 32.9 Å². The number of hydrogen-bond acceptors (Lipinski definition) is 3. The molecule has 0 saturated carbocycles. The summed E-state index contributed by atoms with van der Waals surface area (Å²) >= 11 is 0. The Labute approximate surface area is 398 Å². The quantitative estimate of drug-likeness (QED) is 0.135. The van der Waals surface area contributed by atoms with Crippen molar-refractivity contribution in [1.29, 1.82) is 0 Å². The summed E-state index contributed by atoms with van der Waals surface area (Å²) in [4.78, 5) is 8.65. The van der Waals surface area contributed by atoms with Gasteiger partial charge in [0, 0.05) is 66.4 Å². The summed E-state index contributed by atoms with van der Waals surface area (Å²) in [6.07, 6.45) is 2.36. The van der Waals surface area contributed by atoms with Gasteiger partial charge in [-0.05, 0) is 64.4 Å². The molecule has 0 unspecified atom stereocenters. The zero-order valence-electron chi connectivity index (χ0n) is 44.2. The largest absolute Gasteiger partial charge is 0.493 e. The number of fused-ring (bicyclic) bond motifs is 4. The van der Waals surface area contributed by atoms with Gasteiger partial charge in [0.2, 0.25) is 0 Å². The van der Waals surface area contributed by atoms with Gasteiger partial charge in [-0.1, -0.05) is 159 Å². The van der Waals surface area contributed by atoms with Crippen LogP contribution in [-0.4, -0.2) is 9.55 Å². The summed E-state index contributed by atoms with van der Waals surface area (Å²) in [5.41, 5.74) is 8.25. The Morgan fingerprint density at radius 1 is 0.587 bits per heavy atom. The van der Waals surface area contributed by atoms with Gasteiger partial charge in [-0.15, -0.1) is 17.7 Å². The first kappa shape index (κ1) is 30.1. The van der Waals surface area contributed by atoms with Crippen molar-refractivity contribution >= 4 is 44.6 Å². The van der Waals surface area contributed by atoms with Gasteiger partial charge in [0.25, 0.3) is 0 Å². The molecule has 5 heteroatoms. The van der Waals surface area contributed by atoms with Gasteiger partial charge in [0.1, 0.15) is 5.82 Å². The number of anilines is 4. The number of rotatable bonds is 9. The fourth-order valence-corrected chi connectivity index (χ4v) is 8.64. The van der Waals surface area contributed by atoms with Crippen LogP contribution >= 0.6 is 0 Å². The van der Waals surface area contributed by atoms with E-state index in [4.69, 9.17) is 18.7 Å². The molecule has 0 N–H and O–H groups in total. The van der Waals surface area contributed by atoms with E-state index in [1.54, 1.807) is 29.8 Å². The molecule has 3 heterocycles. The maximum absolute atomic E-state index is 9.04. The van der Waals surface area contributed by atoms with Crippen molar-refractivity contribution in [3.05, 3.63) is 247 Å². The maximum atomic E-state index is 9.04. The van der Waals surface area contributed by atoms with Crippen molar-refractivity contribution in [2.45, 2.75) is 25.7 Å². The summed E-state index contributed by atoms with van der Waals surface area (Å²) < 4.78 is 89.4. The summed E-state index contributed by atoms with van der Waals surface area (Å²) in [7, 11) is 0. The minimum absolute atomic E-state index is 0. The van der Waals surface area contributed by atoms with Crippen LogP contribution in [0.5, 0.6) is 0 Å². The van der Waals surface area contributed by atoms with E-state index in [9.17, 15) is 0 Å². The first-order valence-electron chi connectivity index (χ1n) is 25.4. The smallest absolute Gasteiger partial charge is 0.135 e. The van der Waals surface area contributed by atoms with E-state index >= 15 is 0 Å². The van der Waals surface area contributed by atoms with Crippen LogP contribution in [0.4, 0.5) is 22.7 Å². The maximum Gasteiger partial charge on any atom is 0.135 e. The van der Waals surface area contributed by atoms with Crippen LogP contribution in [0.1, 0.15) is 49.8 Å². The molecule has 63 heavy (non-hydrogen) atoms. The van der Waals surface area contributed by atoms with Gasteiger partial charge < -0.3 is 14.4 Å². The number of benzene rings is 8. The SMILES string of the molecule is [2H]c1c([2H])c([2H])c(-c2cccc(-c3c([2H])c([2H])c([2H])c([2H])c3[2H])c2N2[CH-]N(c3[c-]c(Cc4[c-]c5c(cc4)c4ccccc4n5-c4cc(C(C)(C)c5ccccc5)ccn4)ccc3)c3ccccc32)c([2H])c1[2H].[Pt]. The third-order valence-electron chi connectivity index (χ3n) is 11.8. The molecule has 4 nitrogen and oxygen atoms in total. The van der Waals surface area contributed by atoms with E-state index < -0.39 is 60.4 Å². The molecule has 0 atom stereocenters. The predicted molar refractivity (Wildman–Crippen MR) is 256 cm³/mol. The van der Waals surface area contributed by atoms with E-state index in [-0.39, 0.29) is 54.4 Å². The van der Waals surface area contributed by atoms with E-state index in [0.717, 1.165) is 50.0 Å². The van der Waals surface area contributed by atoms with Crippen LogP contribution in [0.15, 0.2) is 206 Å². The Balaban J connectivity index is 0.00000611. The number of hydrogen-bond donors (Lipinski definition) is 0. The third-order valence-corrected chi connectivity index (χ3v) is 11.8. The fraction of sp³-hybridized carbons (Fsp3) is 0.0690. The zero-order valence-corrected chi connectivity index (χ0v) is 36.5. The average molecular weight is 1000 g/mol. The van der Waals surface area contributed by atoms with Crippen LogP contribution in [0.25, 0.3) is 49.9 Å². The Kier molecular flexibility index (Phi) is 7.98. The van der Waals surface area contributed by atoms with Crippen molar-refractivity contribution in [3.63, 3.8) is 0 Å². The fourth-order valence-electron chi connectivity index (χ4n) is 8.64. The van der Waals surface area contributed by atoms with Gasteiger partial charge in [-0.25, -0.2) is 4.98 Å². The number of pyridine rings is 1. The Hall–Kier alpha value is -7.00. The van der Waals surface area contributed by atoms with Crippen molar-refractivity contribution in [1.82, 2.24) is 9.55 Å². The monoisotopic (exact) mass is 1000 g/mol. The van der Waals surface area contributed by atoms with E-state index in [1.165, 1.54) is 5.56 Å². The molecule has 308 valence electrons. The summed E-state index contributed by atoms with van der Waals surface area (Å²) in [5, 5.41) is 2.14. The minimum atomic E-state index is -0.554. The molecule has 0 bridgehead atoms. The normalized spacial score (nSPS) is 14.6. The summed E-state index contributed by atoms with van der Waals surface area (Å²) in [6.45, 7) is 6.25. The predicted octanol–water partition coefficient (Wildman–Crippen LogP) is 14.4. The molecule has 0 amide bonds. The second kappa shape index (κ2) is 16.7. The molecule has 0 aliphatic carbocycles. The zero-order chi connectivity index (χ0) is 50.3. The molecule has 1 aliphatic rings. The third kappa shape index (κ3) is 7.25. The van der Waals surface area contributed by atoms with E-state index in [2.05, 4.69) is 91.2 Å². The Morgan fingerprint density at radius 2 is 1.22 bits per heavy atom. The number of aromatic nitrogens is 2. The molecule has 11 rings (SSSR count). The molecule has 0 spiro atoms. The van der Waals surface area contributed by atoms with Gasteiger partial charge >= 0.3 is 0 Å². The molecule has 1 aliphatic heterocycles. The molecule has 8 aromatic carbocycles. The van der Waals surface area contributed by atoms with E-state index in [1.807, 2.05) is 71.8 Å². The molecule has 2 aromatic heterocycles. The number of para-hydroxylation sites is 4. The van der Waals surface area contributed by atoms with Gasteiger partial charge in [-0.3, -0.25) is 0 Å². The van der Waals surface area contributed by atoms with Crippen LogP contribution < -0.4 is 9.80 Å². The second-order valence-corrected chi connectivity index (χ2v) is 15.8. The van der Waals surface area contributed by atoms with Crippen molar-refractivity contribution in [2.24, 2.45) is 0 Å². The Bertz CT molecular complexity index is 3700. The molecule has 0 fully saturated rings. The first-order chi connectivity index (χ1) is 34.6. The molecule has 0 saturated heterocycles. The standard InChI is InChI=1S/C58H43N4.Pt/c1-58(2,45-23-10-5-11-24-45)46-34-35-59-56(39-46)62-52-29-13-12-26-50(52)51-33-32-42(38-55(51)62)36-41-18-16-25-47(37-41)60-40-61(54-31-15-14-30-53(54)60)57-48(43-19-6-3-7-20-43)27-17-28-49(57)44-21-8-4-9-22-44;/h3-35,39-40H,36H2,1-2H3;/q-3;/i3D,4D,6D,7D,8D,9D,19D,20D,21D,22D;. The van der Waals surface area contributed by atoms with Crippen LogP contribution in [0.2, 0.25) is 0 Å². The number of nitrogens with zero attached hydrogens (tertiary/aromatic N) is 4. The molecular weight excluding hydrogens is 948 g/mol. The minimum Gasteiger partial charge on any atom is -0.493 e. The van der Waals surface area contributed by atoms with E-state index in [0.29, 0.717) is 17.8 Å². The Morgan fingerprint density at radius 3 is 1.95 bits per heavy atom. The molecule has 10 aromatic rings. The first-order valence-corrected chi connectivity index (χ1v) is 20.4. The summed E-state index contributed by atoms with van der Waals surface area (Å²) in [5.74, 6) is 0.792.